The van der Waals surface area contributed by atoms with Gasteiger partial charge in [0.15, 0.2) is 0 Å². The van der Waals surface area contributed by atoms with Gasteiger partial charge < -0.3 is 15.2 Å². The molecular weight excluding hydrogens is 284 g/mol. The second kappa shape index (κ2) is 6.73. The molecule has 1 atom stereocenters. The Kier molecular flexibility index (Phi) is 5.19. The zero-order valence-corrected chi connectivity index (χ0v) is 13.8. The van der Waals surface area contributed by atoms with Gasteiger partial charge in [0.1, 0.15) is 10.7 Å². The molecule has 1 aromatic rings. The molecule has 0 spiro atoms. The highest BCUT2D eigenvalue weighted by atomic mass is 32.1. The van der Waals surface area contributed by atoms with Gasteiger partial charge in [-0.05, 0) is 44.0 Å². The molecule has 1 aliphatic heterocycles. The minimum atomic E-state index is -0.0449. The van der Waals surface area contributed by atoms with Gasteiger partial charge in [-0.1, -0.05) is 18.3 Å². The molecule has 1 aliphatic rings. The van der Waals surface area contributed by atoms with E-state index in [9.17, 15) is 0 Å². The van der Waals surface area contributed by atoms with E-state index in [-0.39, 0.29) is 5.60 Å². The molecule has 1 aromatic carbocycles. The van der Waals surface area contributed by atoms with E-state index in [0.717, 1.165) is 43.8 Å². The normalized spacial score (nSPS) is 23.0. The first-order chi connectivity index (χ1) is 9.97. The van der Waals surface area contributed by atoms with Crippen molar-refractivity contribution >= 4 is 17.2 Å². The highest BCUT2D eigenvalue weighted by molar-refractivity contribution is 7.80. The minimum absolute atomic E-state index is 0.0449. The SMILES string of the molecule is COc1ccc(CN2CCCC(C)(OC)C2)cc1C(N)=S. The number of piperidine rings is 1. The number of thiocarbonyl (C=S) groups is 1. The van der Waals surface area contributed by atoms with Crippen LogP contribution in [-0.4, -0.2) is 42.8 Å². The molecule has 0 aromatic heterocycles. The van der Waals surface area contributed by atoms with Gasteiger partial charge in [0, 0.05) is 20.2 Å². The molecule has 0 saturated carbocycles. The molecule has 4 nitrogen and oxygen atoms in total. The first kappa shape index (κ1) is 16.2. The Morgan fingerprint density at radius 2 is 2.19 bits per heavy atom. The van der Waals surface area contributed by atoms with Crippen molar-refractivity contribution in [3.63, 3.8) is 0 Å². The van der Waals surface area contributed by atoms with Crippen LogP contribution in [0.5, 0.6) is 5.75 Å². The summed E-state index contributed by atoms with van der Waals surface area (Å²) in [6.45, 7) is 5.08. The fourth-order valence-electron chi connectivity index (χ4n) is 2.91. The predicted molar refractivity (Wildman–Crippen MR) is 88.8 cm³/mol. The number of nitrogens with zero attached hydrogens (tertiary/aromatic N) is 1. The third-order valence-corrected chi connectivity index (χ3v) is 4.39. The van der Waals surface area contributed by atoms with Gasteiger partial charge in [0.05, 0.1) is 18.3 Å². The number of ether oxygens (including phenoxy) is 2. The fraction of sp³-hybridized carbons (Fsp3) is 0.562. The Hall–Kier alpha value is -1.17. The minimum Gasteiger partial charge on any atom is -0.496 e. The average Bonchev–Trinajstić information content (AvgIpc) is 2.47. The Labute approximate surface area is 132 Å². The summed E-state index contributed by atoms with van der Waals surface area (Å²) in [6.07, 6.45) is 2.27. The van der Waals surface area contributed by atoms with E-state index in [1.165, 1.54) is 5.56 Å². The van der Waals surface area contributed by atoms with E-state index in [4.69, 9.17) is 27.4 Å². The molecule has 2 N–H and O–H groups in total. The van der Waals surface area contributed by atoms with Crippen LogP contribution in [0, 0.1) is 0 Å². The van der Waals surface area contributed by atoms with Crippen molar-refractivity contribution in [2.45, 2.75) is 31.9 Å². The van der Waals surface area contributed by atoms with Crippen LogP contribution in [0.3, 0.4) is 0 Å². The van der Waals surface area contributed by atoms with Crippen LogP contribution in [0.4, 0.5) is 0 Å². The van der Waals surface area contributed by atoms with Crippen LogP contribution < -0.4 is 10.5 Å². The summed E-state index contributed by atoms with van der Waals surface area (Å²) in [5, 5.41) is 0. The number of rotatable bonds is 5. The summed E-state index contributed by atoms with van der Waals surface area (Å²) in [5.74, 6) is 0.728. The molecule has 0 amide bonds. The van der Waals surface area contributed by atoms with Gasteiger partial charge >= 0.3 is 0 Å². The van der Waals surface area contributed by atoms with E-state index in [2.05, 4.69) is 17.9 Å². The van der Waals surface area contributed by atoms with Gasteiger partial charge in [0.2, 0.25) is 0 Å². The summed E-state index contributed by atoms with van der Waals surface area (Å²) >= 11 is 5.10. The highest BCUT2D eigenvalue weighted by Gasteiger charge is 2.30. The molecule has 0 radical (unpaired) electrons. The number of benzene rings is 1. The van der Waals surface area contributed by atoms with Crippen molar-refractivity contribution in [2.24, 2.45) is 5.73 Å². The van der Waals surface area contributed by atoms with Crippen LogP contribution in [0.25, 0.3) is 0 Å². The van der Waals surface area contributed by atoms with Crippen molar-refractivity contribution in [3.8, 4) is 5.75 Å². The molecule has 1 unspecified atom stereocenters. The standard InChI is InChI=1S/C16H24N2O2S/c1-16(20-3)7-4-8-18(11-16)10-12-5-6-14(19-2)13(9-12)15(17)21/h5-6,9H,4,7-8,10-11H2,1-3H3,(H2,17,21). The monoisotopic (exact) mass is 308 g/mol. The maximum atomic E-state index is 5.77. The Morgan fingerprint density at radius 3 is 2.81 bits per heavy atom. The Bertz CT molecular complexity index is 521. The lowest BCUT2D eigenvalue weighted by Gasteiger charge is -2.39. The number of hydrogen-bond acceptors (Lipinski definition) is 4. The van der Waals surface area contributed by atoms with Gasteiger partial charge in [-0.25, -0.2) is 0 Å². The molecule has 116 valence electrons. The Morgan fingerprint density at radius 1 is 1.43 bits per heavy atom. The van der Waals surface area contributed by atoms with Gasteiger partial charge in [-0.15, -0.1) is 0 Å². The molecule has 1 fully saturated rings. The zero-order valence-electron chi connectivity index (χ0n) is 13.0. The predicted octanol–water partition coefficient (Wildman–Crippen LogP) is 2.33. The van der Waals surface area contributed by atoms with Gasteiger partial charge in [-0.3, -0.25) is 4.90 Å². The lowest BCUT2D eigenvalue weighted by atomic mass is 9.94. The molecule has 0 bridgehead atoms. The van der Waals surface area contributed by atoms with Crippen molar-refractivity contribution < 1.29 is 9.47 Å². The van der Waals surface area contributed by atoms with Crippen molar-refractivity contribution in [3.05, 3.63) is 29.3 Å². The van der Waals surface area contributed by atoms with Crippen LogP contribution in [0.2, 0.25) is 0 Å². The smallest absolute Gasteiger partial charge is 0.129 e. The van der Waals surface area contributed by atoms with Gasteiger partial charge in [-0.2, -0.15) is 0 Å². The maximum Gasteiger partial charge on any atom is 0.129 e. The van der Waals surface area contributed by atoms with E-state index in [0.29, 0.717) is 4.99 Å². The van der Waals surface area contributed by atoms with E-state index in [1.807, 2.05) is 12.1 Å². The third-order valence-electron chi connectivity index (χ3n) is 4.17. The fourth-order valence-corrected chi connectivity index (χ4v) is 3.07. The summed E-state index contributed by atoms with van der Waals surface area (Å²) in [6, 6.07) is 6.03. The number of nitrogens with two attached hydrogens (primary N) is 1. The lowest BCUT2D eigenvalue weighted by molar-refractivity contribution is -0.0527. The quantitative estimate of drug-likeness (QED) is 0.846. The van der Waals surface area contributed by atoms with Crippen molar-refractivity contribution in [1.82, 2.24) is 4.90 Å². The zero-order chi connectivity index (χ0) is 15.5. The van der Waals surface area contributed by atoms with Crippen molar-refractivity contribution in [1.29, 1.82) is 0 Å². The molecular formula is C16H24N2O2S. The lowest BCUT2D eigenvalue weighted by Crippen LogP contribution is -2.46. The van der Waals surface area contributed by atoms with Crippen LogP contribution >= 0.6 is 12.2 Å². The molecule has 21 heavy (non-hydrogen) atoms. The summed E-state index contributed by atoms with van der Waals surface area (Å²) in [4.78, 5) is 2.78. The first-order valence-corrected chi connectivity index (χ1v) is 7.62. The number of methoxy groups -OCH3 is 2. The van der Waals surface area contributed by atoms with Crippen LogP contribution in [-0.2, 0) is 11.3 Å². The van der Waals surface area contributed by atoms with E-state index < -0.39 is 0 Å². The van der Waals surface area contributed by atoms with Gasteiger partial charge in [0.25, 0.3) is 0 Å². The maximum absolute atomic E-state index is 5.77. The number of likely N-dealkylation sites (tertiary alicyclic amines) is 1. The van der Waals surface area contributed by atoms with E-state index >= 15 is 0 Å². The second-order valence-electron chi connectivity index (χ2n) is 5.87. The molecule has 0 aliphatic carbocycles. The summed E-state index contributed by atoms with van der Waals surface area (Å²) < 4.78 is 10.9. The number of hydrogen-bond donors (Lipinski definition) is 1. The molecule has 1 saturated heterocycles. The van der Waals surface area contributed by atoms with Crippen LogP contribution in [0.1, 0.15) is 30.9 Å². The molecule has 1 heterocycles. The third kappa shape index (κ3) is 3.93. The largest absolute Gasteiger partial charge is 0.496 e. The second-order valence-corrected chi connectivity index (χ2v) is 6.31. The topological polar surface area (TPSA) is 47.7 Å². The highest BCUT2D eigenvalue weighted by Crippen LogP contribution is 2.26. The average molecular weight is 308 g/mol. The first-order valence-electron chi connectivity index (χ1n) is 7.21. The van der Waals surface area contributed by atoms with Crippen molar-refractivity contribution in [2.75, 3.05) is 27.3 Å². The van der Waals surface area contributed by atoms with Crippen LogP contribution in [0.15, 0.2) is 18.2 Å². The summed E-state index contributed by atoms with van der Waals surface area (Å²) in [7, 11) is 3.42. The molecule has 5 heteroatoms. The Balaban J connectivity index is 2.12. The van der Waals surface area contributed by atoms with E-state index in [1.54, 1.807) is 14.2 Å². The summed E-state index contributed by atoms with van der Waals surface area (Å²) in [5.41, 5.74) is 7.73. The molecule has 2 rings (SSSR count).